The van der Waals surface area contributed by atoms with Crippen LogP contribution in [0.4, 0.5) is 0 Å². The predicted molar refractivity (Wildman–Crippen MR) is 79.4 cm³/mol. The van der Waals surface area contributed by atoms with E-state index in [0.717, 1.165) is 37.4 Å². The summed E-state index contributed by atoms with van der Waals surface area (Å²) in [6.45, 7) is 5.59. The second-order valence-corrected chi connectivity index (χ2v) is 5.48. The summed E-state index contributed by atoms with van der Waals surface area (Å²) in [4.78, 5) is 0. The summed E-state index contributed by atoms with van der Waals surface area (Å²) >= 11 is 0. The minimum atomic E-state index is 0.341. The van der Waals surface area contributed by atoms with Gasteiger partial charge in [0.15, 0.2) is 11.5 Å². The van der Waals surface area contributed by atoms with Crippen molar-refractivity contribution in [3.8, 4) is 11.5 Å². The Bertz CT molecular complexity index is 422. The average molecular weight is 279 g/mol. The third-order valence-corrected chi connectivity index (χ3v) is 3.63. The molecule has 0 amide bonds. The fourth-order valence-corrected chi connectivity index (χ4v) is 2.43. The second kappa shape index (κ2) is 7.50. The Hall–Kier alpha value is -1.26. The number of ether oxygens (including phenoxy) is 3. The van der Waals surface area contributed by atoms with Crippen LogP contribution >= 0.6 is 0 Å². The van der Waals surface area contributed by atoms with E-state index in [4.69, 9.17) is 14.2 Å². The molecule has 20 heavy (non-hydrogen) atoms. The van der Waals surface area contributed by atoms with Crippen LogP contribution in [0.15, 0.2) is 18.2 Å². The number of benzene rings is 1. The molecule has 0 fully saturated rings. The molecule has 112 valence electrons. The van der Waals surface area contributed by atoms with Gasteiger partial charge in [-0.2, -0.15) is 0 Å². The van der Waals surface area contributed by atoms with Gasteiger partial charge in [-0.05, 0) is 50.8 Å². The number of methoxy groups -OCH3 is 1. The van der Waals surface area contributed by atoms with Crippen LogP contribution in [-0.4, -0.2) is 32.6 Å². The lowest BCUT2D eigenvalue weighted by atomic mass is 10.0. The fourth-order valence-electron chi connectivity index (χ4n) is 2.43. The Morgan fingerprint density at radius 2 is 1.90 bits per heavy atom. The molecule has 2 atom stereocenters. The molecule has 0 bridgehead atoms. The summed E-state index contributed by atoms with van der Waals surface area (Å²) in [5, 5.41) is 3.60. The predicted octanol–water partition coefficient (Wildman–Crippen LogP) is 2.75. The van der Waals surface area contributed by atoms with Crippen molar-refractivity contribution in [2.24, 2.45) is 0 Å². The van der Waals surface area contributed by atoms with Gasteiger partial charge in [-0.15, -0.1) is 0 Å². The van der Waals surface area contributed by atoms with Crippen molar-refractivity contribution in [2.75, 3.05) is 20.5 Å². The Labute approximate surface area is 121 Å². The van der Waals surface area contributed by atoms with Gasteiger partial charge in [-0.3, -0.25) is 0 Å². The van der Waals surface area contributed by atoms with Crippen molar-refractivity contribution < 1.29 is 14.2 Å². The zero-order valence-electron chi connectivity index (χ0n) is 12.6. The maximum absolute atomic E-state index is 5.40. The summed E-state index contributed by atoms with van der Waals surface area (Å²) in [7, 11) is 1.75. The van der Waals surface area contributed by atoms with E-state index < -0.39 is 0 Å². The SMILES string of the molecule is COCCC(C)NC(C)CCc1ccc2c(c1)OCO2. The highest BCUT2D eigenvalue weighted by molar-refractivity contribution is 5.44. The maximum Gasteiger partial charge on any atom is 0.231 e. The molecule has 0 saturated carbocycles. The van der Waals surface area contributed by atoms with Gasteiger partial charge in [0.2, 0.25) is 6.79 Å². The molecule has 4 heteroatoms. The summed E-state index contributed by atoms with van der Waals surface area (Å²) in [6.07, 6.45) is 3.20. The number of nitrogens with one attached hydrogen (secondary N) is 1. The molecule has 1 N–H and O–H groups in total. The quantitative estimate of drug-likeness (QED) is 0.794. The van der Waals surface area contributed by atoms with Gasteiger partial charge < -0.3 is 19.5 Å². The zero-order chi connectivity index (χ0) is 14.4. The molecule has 0 saturated heterocycles. The lowest BCUT2D eigenvalue weighted by Crippen LogP contribution is -2.35. The van der Waals surface area contributed by atoms with E-state index in [1.54, 1.807) is 7.11 Å². The fraction of sp³-hybridized carbons (Fsp3) is 0.625. The van der Waals surface area contributed by atoms with Crippen LogP contribution in [0.2, 0.25) is 0 Å². The minimum Gasteiger partial charge on any atom is -0.454 e. The highest BCUT2D eigenvalue weighted by Gasteiger charge is 2.13. The van der Waals surface area contributed by atoms with Crippen molar-refractivity contribution in [1.82, 2.24) is 5.32 Å². The molecular formula is C16H25NO3. The largest absolute Gasteiger partial charge is 0.454 e. The van der Waals surface area contributed by atoms with E-state index in [1.165, 1.54) is 5.56 Å². The number of rotatable bonds is 8. The number of hydrogen-bond acceptors (Lipinski definition) is 4. The first kappa shape index (κ1) is 15.1. The molecule has 1 aromatic rings. The molecule has 0 aromatic heterocycles. The van der Waals surface area contributed by atoms with Gasteiger partial charge in [0.05, 0.1) is 0 Å². The highest BCUT2D eigenvalue weighted by atomic mass is 16.7. The highest BCUT2D eigenvalue weighted by Crippen LogP contribution is 2.32. The van der Waals surface area contributed by atoms with Crippen LogP contribution in [0, 0.1) is 0 Å². The monoisotopic (exact) mass is 279 g/mol. The topological polar surface area (TPSA) is 39.7 Å². The first-order valence-corrected chi connectivity index (χ1v) is 7.32. The molecule has 0 aliphatic carbocycles. The smallest absolute Gasteiger partial charge is 0.231 e. The Morgan fingerprint density at radius 3 is 2.70 bits per heavy atom. The van der Waals surface area contributed by atoms with Crippen molar-refractivity contribution in [2.45, 2.75) is 45.2 Å². The number of fused-ring (bicyclic) bond motifs is 1. The van der Waals surface area contributed by atoms with E-state index in [2.05, 4.69) is 31.3 Å². The molecular weight excluding hydrogens is 254 g/mol. The van der Waals surface area contributed by atoms with Gasteiger partial charge in [-0.1, -0.05) is 6.07 Å². The molecule has 1 heterocycles. The lowest BCUT2D eigenvalue weighted by molar-refractivity contribution is 0.174. The summed E-state index contributed by atoms with van der Waals surface area (Å²) < 4.78 is 15.8. The molecule has 0 spiro atoms. The van der Waals surface area contributed by atoms with Gasteiger partial charge in [0, 0.05) is 25.8 Å². The van der Waals surface area contributed by atoms with E-state index in [0.29, 0.717) is 18.9 Å². The number of hydrogen-bond donors (Lipinski definition) is 1. The van der Waals surface area contributed by atoms with E-state index >= 15 is 0 Å². The third-order valence-electron chi connectivity index (χ3n) is 3.63. The maximum atomic E-state index is 5.40. The molecule has 2 unspecified atom stereocenters. The van der Waals surface area contributed by atoms with Crippen molar-refractivity contribution in [3.05, 3.63) is 23.8 Å². The van der Waals surface area contributed by atoms with Gasteiger partial charge in [0.25, 0.3) is 0 Å². The summed E-state index contributed by atoms with van der Waals surface area (Å²) in [6, 6.07) is 7.18. The van der Waals surface area contributed by atoms with Crippen molar-refractivity contribution >= 4 is 0 Å². The first-order valence-electron chi connectivity index (χ1n) is 7.32. The normalized spacial score (nSPS) is 16.1. The number of aryl methyl sites for hydroxylation is 1. The van der Waals surface area contributed by atoms with Crippen LogP contribution in [0.25, 0.3) is 0 Å². The Morgan fingerprint density at radius 1 is 1.15 bits per heavy atom. The molecule has 1 aliphatic heterocycles. The molecule has 1 aliphatic rings. The van der Waals surface area contributed by atoms with Crippen molar-refractivity contribution in [1.29, 1.82) is 0 Å². The second-order valence-electron chi connectivity index (χ2n) is 5.48. The summed E-state index contributed by atoms with van der Waals surface area (Å²) in [5.74, 6) is 1.73. The Kier molecular flexibility index (Phi) is 5.68. The Balaban J connectivity index is 1.74. The molecule has 1 aromatic carbocycles. The third kappa shape index (κ3) is 4.39. The van der Waals surface area contributed by atoms with Crippen molar-refractivity contribution in [3.63, 3.8) is 0 Å². The van der Waals surface area contributed by atoms with Crippen LogP contribution < -0.4 is 14.8 Å². The standard InChI is InChI=1S/C16H25NO3/c1-12(17-13(2)8-9-18-3)4-5-14-6-7-15-16(10-14)20-11-19-15/h6-7,10,12-13,17H,4-5,8-9,11H2,1-3H3. The minimum absolute atomic E-state index is 0.341. The van der Waals surface area contributed by atoms with Gasteiger partial charge in [0.1, 0.15) is 0 Å². The van der Waals surface area contributed by atoms with Gasteiger partial charge in [-0.25, -0.2) is 0 Å². The van der Waals surface area contributed by atoms with Crippen LogP contribution in [0.5, 0.6) is 11.5 Å². The van der Waals surface area contributed by atoms with E-state index in [9.17, 15) is 0 Å². The molecule has 0 radical (unpaired) electrons. The zero-order valence-corrected chi connectivity index (χ0v) is 12.6. The summed E-state index contributed by atoms with van der Waals surface area (Å²) in [5.41, 5.74) is 1.30. The van der Waals surface area contributed by atoms with Crippen LogP contribution in [0.3, 0.4) is 0 Å². The first-order chi connectivity index (χ1) is 9.69. The average Bonchev–Trinajstić information content (AvgIpc) is 2.90. The van der Waals surface area contributed by atoms with E-state index in [1.807, 2.05) is 6.07 Å². The lowest BCUT2D eigenvalue weighted by Gasteiger charge is -2.19. The van der Waals surface area contributed by atoms with E-state index in [-0.39, 0.29) is 0 Å². The molecule has 2 rings (SSSR count). The molecule has 4 nitrogen and oxygen atoms in total. The van der Waals surface area contributed by atoms with Crippen LogP contribution in [-0.2, 0) is 11.2 Å². The van der Waals surface area contributed by atoms with Gasteiger partial charge >= 0.3 is 0 Å². The van der Waals surface area contributed by atoms with Crippen LogP contribution in [0.1, 0.15) is 32.3 Å².